The number of aromatic nitrogens is 1. The van der Waals surface area contributed by atoms with Crippen molar-refractivity contribution < 1.29 is 19.1 Å². The molecule has 5 aromatic rings. The summed E-state index contributed by atoms with van der Waals surface area (Å²) in [6.07, 6.45) is 1.48. The van der Waals surface area contributed by atoms with Crippen molar-refractivity contribution in [2.75, 3.05) is 7.11 Å². The van der Waals surface area contributed by atoms with Gasteiger partial charge in [-0.2, -0.15) is 5.10 Å². The summed E-state index contributed by atoms with van der Waals surface area (Å²) in [5, 5.41) is 5.57. The second kappa shape index (κ2) is 11.2. The molecule has 0 aliphatic rings. The van der Waals surface area contributed by atoms with Crippen molar-refractivity contribution in [3.8, 4) is 22.6 Å². The lowest BCUT2D eigenvalue weighted by Gasteiger charge is -2.10. The molecule has 0 saturated heterocycles. The van der Waals surface area contributed by atoms with Crippen molar-refractivity contribution in [3.63, 3.8) is 0 Å². The molecule has 0 saturated carbocycles. The summed E-state index contributed by atoms with van der Waals surface area (Å²) >= 11 is 6.51. The van der Waals surface area contributed by atoms with Crippen LogP contribution in [-0.4, -0.2) is 30.2 Å². The Balaban J connectivity index is 1.38. The molecule has 4 aromatic carbocycles. The minimum atomic E-state index is -0.495. The normalized spacial score (nSPS) is 11.1. The van der Waals surface area contributed by atoms with Crippen molar-refractivity contribution in [2.24, 2.45) is 5.10 Å². The number of aromatic amines is 1. The fraction of sp³-hybridized carbons (Fsp3) is 0.0645. The molecule has 0 aliphatic heterocycles. The van der Waals surface area contributed by atoms with Crippen LogP contribution in [0.4, 0.5) is 0 Å². The van der Waals surface area contributed by atoms with Gasteiger partial charge in [0.2, 0.25) is 0 Å². The summed E-state index contributed by atoms with van der Waals surface area (Å²) in [6, 6.07) is 26.9. The zero-order valence-corrected chi connectivity index (χ0v) is 22.0. The van der Waals surface area contributed by atoms with Crippen LogP contribution in [-0.2, 0) is 0 Å². The van der Waals surface area contributed by atoms with Crippen LogP contribution in [0.2, 0.25) is 5.02 Å². The van der Waals surface area contributed by atoms with Gasteiger partial charge in [-0.1, -0.05) is 66.2 Å². The van der Waals surface area contributed by atoms with E-state index in [2.05, 4.69) is 15.5 Å². The monoisotopic (exact) mass is 537 g/mol. The minimum absolute atomic E-state index is 0.269. The predicted octanol–water partition coefficient (Wildman–Crippen LogP) is 6.79. The molecule has 1 heterocycles. The minimum Gasteiger partial charge on any atom is -0.493 e. The number of carbonyl (C=O) groups is 2. The molecular formula is C31H24ClN3O4. The van der Waals surface area contributed by atoms with E-state index in [0.717, 1.165) is 22.0 Å². The van der Waals surface area contributed by atoms with Gasteiger partial charge in [-0.25, -0.2) is 10.2 Å². The third-order valence-corrected chi connectivity index (χ3v) is 6.52. The molecule has 5 rings (SSSR count). The SMILES string of the molecule is COc1cc(C=NNC(=O)c2[nH]c3c(C)cccc3c2-c2ccccc2Cl)ccc1OC(=O)c1ccccc1. The first-order chi connectivity index (χ1) is 19.0. The van der Waals surface area contributed by atoms with E-state index in [9.17, 15) is 9.59 Å². The van der Waals surface area contributed by atoms with Gasteiger partial charge in [0.1, 0.15) is 5.69 Å². The second-order valence-electron chi connectivity index (χ2n) is 8.72. The number of methoxy groups -OCH3 is 1. The van der Waals surface area contributed by atoms with Crippen LogP contribution in [0.25, 0.3) is 22.0 Å². The number of para-hydroxylation sites is 1. The van der Waals surface area contributed by atoms with Gasteiger partial charge in [0.15, 0.2) is 11.5 Å². The topological polar surface area (TPSA) is 92.8 Å². The fourth-order valence-electron chi connectivity index (χ4n) is 4.28. The van der Waals surface area contributed by atoms with Crippen molar-refractivity contribution in [2.45, 2.75) is 6.92 Å². The molecule has 0 spiro atoms. The maximum absolute atomic E-state index is 13.3. The molecular weight excluding hydrogens is 514 g/mol. The molecule has 0 radical (unpaired) electrons. The molecule has 1 amide bonds. The number of hydrogen-bond acceptors (Lipinski definition) is 5. The number of fused-ring (bicyclic) bond motifs is 1. The number of aryl methyl sites for hydroxylation is 1. The highest BCUT2D eigenvalue weighted by Crippen LogP contribution is 2.37. The van der Waals surface area contributed by atoms with Crippen LogP contribution in [0.3, 0.4) is 0 Å². The van der Waals surface area contributed by atoms with Crippen LogP contribution in [0.15, 0.2) is 96.1 Å². The predicted molar refractivity (Wildman–Crippen MR) is 153 cm³/mol. The number of benzene rings is 4. The number of hydrogen-bond donors (Lipinski definition) is 2. The van der Waals surface area contributed by atoms with E-state index in [1.165, 1.54) is 13.3 Å². The van der Waals surface area contributed by atoms with Gasteiger partial charge in [0.25, 0.3) is 5.91 Å². The molecule has 0 unspecified atom stereocenters. The number of H-pyrrole nitrogens is 1. The number of carbonyl (C=O) groups excluding carboxylic acids is 2. The van der Waals surface area contributed by atoms with Crippen LogP contribution in [0.5, 0.6) is 11.5 Å². The largest absolute Gasteiger partial charge is 0.493 e. The second-order valence-corrected chi connectivity index (χ2v) is 9.12. The van der Waals surface area contributed by atoms with E-state index in [4.69, 9.17) is 21.1 Å². The van der Waals surface area contributed by atoms with Gasteiger partial charge in [0.05, 0.1) is 18.9 Å². The molecule has 8 heteroatoms. The van der Waals surface area contributed by atoms with E-state index in [0.29, 0.717) is 33.2 Å². The molecule has 1 aromatic heterocycles. The number of ether oxygens (including phenoxy) is 2. The number of amides is 1. The highest BCUT2D eigenvalue weighted by Gasteiger charge is 2.21. The average molecular weight is 538 g/mol. The lowest BCUT2D eigenvalue weighted by Crippen LogP contribution is -2.19. The number of halogens is 1. The molecule has 0 atom stereocenters. The average Bonchev–Trinajstić information content (AvgIpc) is 3.35. The van der Waals surface area contributed by atoms with Gasteiger partial charge < -0.3 is 14.5 Å². The number of hydrazone groups is 1. The maximum Gasteiger partial charge on any atom is 0.343 e. The third-order valence-electron chi connectivity index (χ3n) is 6.19. The first-order valence-electron chi connectivity index (χ1n) is 12.1. The van der Waals surface area contributed by atoms with Crippen LogP contribution in [0, 0.1) is 6.92 Å². The maximum atomic E-state index is 13.3. The Bertz CT molecular complexity index is 1710. The molecule has 7 nitrogen and oxygen atoms in total. The van der Waals surface area contributed by atoms with Gasteiger partial charge in [-0.15, -0.1) is 0 Å². The molecule has 39 heavy (non-hydrogen) atoms. The summed E-state index contributed by atoms with van der Waals surface area (Å²) in [6.45, 7) is 1.98. The Labute approximate surface area is 230 Å². The Kier molecular flexibility index (Phi) is 7.43. The van der Waals surface area contributed by atoms with E-state index >= 15 is 0 Å². The van der Waals surface area contributed by atoms with Gasteiger partial charge in [0, 0.05) is 27.1 Å². The highest BCUT2D eigenvalue weighted by molar-refractivity contribution is 6.34. The van der Waals surface area contributed by atoms with Crippen molar-refractivity contribution in [1.82, 2.24) is 10.4 Å². The standard InChI is InChI=1S/C31H24ClN3O4/c1-19-9-8-13-23-27(22-12-6-7-14-24(22)32)29(34-28(19)23)30(36)35-33-18-20-15-16-25(26(17-20)38-2)39-31(37)21-10-4-3-5-11-21/h3-18,34H,1-2H3,(H,35,36). The molecule has 194 valence electrons. The summed E-state index contributed by atoms with van der Waals surface area (Å²) < 4.78 is 10.9. The summed E-state index contributed by atoms with van der Waals surface area (Å²) in [7, 11) is 1.48. The smallest absolute Gasteiger partial charge is 0.343 e. The van der Waals surface area contributed by atoms with Gasteiger partial charge in [-0.05, 0) is 54.4 Å². The summed E-state index contributed by atoms with van der Waals surface area (Å²) in [4.78, 5) is 28.9. The first-order valence-corrected chi connectivity index (χ1v) is 12.5. The summed E-state index contributed by atoms with van der Waals surface area (Å²) in [5.41, 5.74) is 7.31. The highest BCUT2D eigenvalue weighted by atomic mass is 35.5. The zero-order chi connectivity index (χ0) is 27.4. The fourth-order valence-corrected chi connectivity index (χ4v) is 4.51. The van der Waals surface area contributed by atoms with Crippen LogP contribution in [0.1, 0.15) is 32.0 Å². The number of nitrogens with one attached hydrogen (secondary N) is 2. The molecule has 0 bridgehead atoms. The number of esters is 1. The van der Waals surface area contributed by atoms with Crippen LogP contribution < -0.4 is 14.9 Å². The Morgan fingerprint density at radius 1 is 0.923 bits per heavy atom. The lowest BCUT2D eigenvalue weighted by atomic mass is 10.0. The first kappa shape index (κ1) is 25.8. The van der Waals surface area contributed by atoms with E-state index < -0.39 is 11.9 Å². The Morgan fingerprint density at radius 2 is 1.69 bits per heavy atom. The quantitative estimate of drug-likeness (QED) is 0.103. The third kappa shape index (κ3) is 5.39. The lowest BCUT2D eigenvalue weighted by molar-refractivity contribution is 0.0729. The van der Waals surface area contributed by atoms with Gasteiger partial charge >= 0.3 is 5.97 Å². The molecule has 0 fully saturated rings. The zero-order valence-electron chi connectivity index (χ0n) is 21.2. The van der Waals surface area contributed by atoms with Crippen molar-refractivity contribution in [3.05, 3.63) is 118 Å². The number of rotatable bonds is 7. The molecule has 0 aliphatic carbocycles. The van der Waals surface area contributed by atoms with Crippen molar-refractivity contribution in [1.29, 1.82) is 0 Å². The van der Waals surface area contributed by atoms with Crippen molar-refractivity contribution >= 4 is 40.6 Å². The Morgan fingerprint density at radius 3 is 2.46 bits per heavy atom. The summed E-state index contributed by atoms with van der Waals surface area (Å²) in [5.74, 6) is -0.297. The van der Waals surface area contributed by atoms with E-state index in [1.54, 1.807) is 48.5 Å². The molecule has 2 N–H and O–H groups in total. The van der Waals surface area contributed by atoms with E-state index in [-0.39, 0.29) is 5.75 Å². The van der Waals surface area contributed by atoms with E-state index in [1.807, 2.05) is 49.4 Å². The number of nitrogens with zero attached hydrogens (tertiary/aromatic N) is 1. The van der Waals surface area contributed by atoms with Gasteiger partial charge in [-0.3, -0.25) is 4.79 Å². The Hall–Kier alpha value is -4.88. The van der Waals surface area contributed by atoms with Crippen LogP contribution >= 0.6 is 11.6 Å².